The van der Waals surface area contributed by atoms with E-state index in [2.05, 4.69) is 23.7 Å². The maximum absolute atomic E-state index is 5.68. The van der Waals surface area contributed by atoms with Gasteiger partial charge in [0.05, 0.1) is 17.9 Å². The van der Waals surface area contributed by atoms with Crippen LogP contribution in [0.3, 0.4) is 0 Å². The molecule has 1 aromatic rings. The summed E-state index contributed by atoms with van der Waals surface area (Å²) < 4.78 is 5.68. The predicted molar refractivity (Wildman–Crippen MR) is 61.8 cm³/mol. The number of ether oxygens (including phenoxy) is 1. The Morgan fingerprint density at radius 2 is 2.20 bits per heavy atom. The summed E-state index contributed by atoms with van der Waals surface area (Å²) in [6.45, 7) is 7.05. The number of hydrogen-bond acceptors (Lipinski definition) is 5. The summed E-state index contributed by atoms with van der Waals surface area (Å²) in [5, 5.41) is 2.68. The van der Waals surface area contributed by atoms with E-state index in [4.69, 9.17) is 10.5 Å². The Hall–Kier alpha value is -0.650. The summed E-state index contributed by atoms with van der Waals surface area (Å²) in [7, 11) is 0. The number of nitrogen functional groups attached to an aromatic ring is 1. The van der Waals surface area contributed by atoms with E-state index < -0.39 is 0 Å². The number of nitrogens with zero attached hydrogens (tertiary/aromatic N) is 2. The molecule has 2 N–H and O–H groups in total. The molecule has 0 bridgehead atoms. The average Bonchev–Trinajstić information content (AvgIpc) is 2.49. The van der Waals surface area contributed by atoms with Crippen molar-refractivity contribution in [3.05, 3.63) is 11.1 Å². The van der Waals surface area contributed by atoms with E-state index in [0.29, 0.717) is 17.3 Å². The van der Waals surface area contributed by atoms with Crippen LogP contribution in [-0.2, 0) is 11.3 Å². The van der Waals surface area contributed by atoms with Gasteiger partial charge in [0.2, 0.25) is 0 Å². The average molecular weight is 227 g/mol. The van der Waals surface area contributed by atoms with Crippen molar-refractivity contribution in [2.45, 2.75) is 32.6 Å². The Kier molecular flexibility index (Phi) is 3.23. The highest BCUT2D eigenvalue weighted by molar-refractivity contribution is 7.13. The zero-order valence-electron chi connectivity index (χ0n) is 9.14. The van der Waals surface area contributed by atoms with Gasteiger partial charge in [-0.2, -0.15) is 0 Å². The van der Waals surface area contributed by atoms with Crippen LogP contribution in [-0.4, -0.2) is 35.2 Å². The van der Waals surface area contributed by atoms with Gasteiger partial charge >= 0.3 is 0 Å². The second-order valence-electron chi connectivity index (χ2n) is 4.13. The molecule has 5 heteroatoms. The SMILES string of the molecule is CC1CN(Cc2csc(N)n2)CC(C)O1. The van der Waals surface area contributed by atoms with E-state index in [9.17, 15) is 0 Å². The zero-order valence-corrected chi connectivity index (χ0v) is 9.96. The molecule has 0 aliphatic carbocycles. The van der Waals surface area contributed by atoms with Gasteiger partial charge in [0.1, 0.15) is 0 Å². The lowest BCUT2D eigenvalue weighted by atomic mass is 10.2. The molecular weight excluding hydrogens is 210 g/mol. The highest BCUT2D eigenvalue weighted by Gasteiger charge is 2.22. The third kappa shape index (κ3) is 2.90. The number of nitrogens with two attached hydrogens (primary N) is 1. The minimum atomic E-state index is 0.310. The Labute approximate surface area is 94.1 Å². The van der Waals surface area contributed by atoms with Crippen molar-refractivity contribution >= 4 is 16.5 Å². The molecular formula is C10H17N3OS. The molecule has 1 aliphatic heterocycles. The lowest BCUT2D eigenvalue weighted by molar-refractivity contribution is -0.0707. The summed E-state index contributed by atoms with van der Waals surface area (Å²) in [6.07, 6.45) is 0.620. The third-order valence-electron chi connectivity index (χ3n) is 2.45. The van der Waals surface area contributed by atoms with E-state index in [0.717, 1.165) is 25.3 Å². The maximum Gasteiger partial charge on any atom is 0.180 e. The first kappa shape index (κ1) is 10.9. The molecule has 1 saturated heterocycles. The lowest BCUT2D eigenvalue weighted by Crippen LogP contribution is -2.44. The molecule has 0 radical (unpaired) electrons. The Bertz CT molecular complexity index is 318. The highest BCUT2D eigenvalue weighted by atomic mass is 32.1. The quantitative estimate of drug-likeness (QED) is 0.828. The second-order valence-corrected chi connectivity index (χ2v) is 5.02. The van der Waals surface area contributed by atoms with Crippen LogP contribution in [0.2, 0.25) is 0 Å². The Balaban J connectivity index is 1.94. The molecule has 2 unspecified atom stereocenters. The van der Waals surface area contributed by atoms with Crippen molar-refractivity contribution in [2.24, 2.45) is 0 Å². The first-order chi connectivity index (χ1) is 7.13. The normalized spacial score (nSPS) is 28.1. The lowest BCUT2D eigenvalue weighted by Gasteiger charge is -2.34. The number of anilines is 1. The van der Waals surface area contributed by atoms with E-state index >= 15 is 0 Å². The summed E-state index contributed by atoms with van der Waals surface area (Å²) in [5.74, 6) is 0. The molecule has 1 aliphatic rings. The van der Waals surface area contributed by atoms with Gasteiger partial charge in [-0.1, -0.05) is 0 Å². The van der Waals surface area contributed by atoms with Crippen LogP contribution >= 0.6 is 11.3 Å². The van der Waals surface area contributed by atoms with Crippen molar-refractivity contribution in [1.29, 1.82) is 0 Å². The van der Waals surface area contributed by atoms with Gasteiger partial charge in [-0.25, -0.2) is 4.98 Å². The fourth-order valence-electron chi connectivity index (χ4n) is 2.04. The maximum atomic E-state index is 5.68. The van der Waals surface area contributed by atoms with Gasteiger partial charge in [0.15, 0.2) is 5.13 Å². The van der Waals surface area contributed by atoms with Crippen LogP contribution in [0.25, 0.3) is 0 Å². The van der Waals surface area contributed by atoms with Gasteiger partial charge in [0, 0.05) is 25.0 Å². The minimum absolute atomic E-state index is 0.310. The minimum Gasteiger partial charge on any atom is -0.375 e. The molecule has 15 heavy (non-hydrogen) atoms. The van der Waals surface area contributed by atoms with Gasteiger partial charge < -0.3 is 10.5 Å². The van der Waals surface area contributed by atoms with Gasteiger partial charge in [-0.15, -0.1) is 11.3 Å². The standard InChI is InChI=1S/C10H17N3OS/c1-7-3-13(4-8(2)14-7)5-9-6-15-10(11)12-9/h6-8H,3-5H2,1-2H3,(H2,11,12). The largest absolute Gasteiger partial charge is 0.375 e. The molecule has 2 atom stereocenters. The summed E-state index contributed by atoms with van der Waals surface area (Å²) >= 11 is 1.50. The van der Waals surface area contributed by atoms with Crippen LogP contribution in [0.5, 0.6) is 0 Å². The molecule has 0 spiro atoms. The predicted octanol–water partition coefficient (Wildman–Crippen LogP) is 1.33. The summed E-state index contributed by atoms with van der Waals surface area (Å²) in [4.78, 5) is 6.64. The van der Waals surface area contributed by atoms with Crippen LogP contribution in [0.15, 0.2) is 5.38 Å². The van der Waals surface area contributed by atoms with Crippen molar-refractivity contribution in [3.63, 3.8) is 0 Å². The van der Waals surface area contributed by atoms with Crippen LogP contribution in [0, 0.1) is 0 Å². The van der Waals surface area contributed by atoms with E-state index in [1.807, 2.05) is 5.38 Å². The first-order valence-electron chi connectivity index (χ1n) is 5.21. The molecule has 4 nitrogen and oxygen atoms in total. The summed E-state index contributed by atoms with van der Waals surface area (Å²) in [6, 6.07) is 0. The molecule has 1 fully saturated rings. The molecule has 0 saturated carbocycles. The zero-order chi connectivity index (χ0) is 10.8. The van der Waals surface area contributed by atoms with Crippen LogP contribution in [0.4, 0.5) is 5.13 Å². The fraction of sp³-hybridized carbons (Fsp3) is 0.700. The monoisotopic (exact) mass is 227 g/mol. The Morgan fingerprint density at radius 3 is 2.73 bits per heavy atom. The smallest absolute Gasteiger partial charge is 0.180 e. The number of morpholine rings is 1. The molecule has 0 aromatic carbocycles. The molecule has 2 heterocycles. The molecule has 0 amide bonds. The molecule has 2 rings (SSSR count). The van der Waals surface area contributed by atoms with Crippen LogP contribution < -0.4 is 5.73 Å². The number of aromatic nitrogens is 1. The first-order valence-corrected chi connectivity index (χ1v) is 6.09. The van der Waals surface area contributed by atoms with E-state index in [1.165, 1.54) is 11.3 Å². The van der Waals surface area contributed by atoms with Gasteiger partial charge in [-0.05, 0) is 13.8 Å². The summed E-state index contributed by atoms with van der Waals surface area (Å²) in [5.41, 5.74) is 6.67. The second kappa shape index (κ2) is 4.47. The fourth-order valence-corrected chi connectivity index (χ4v) is 2.59. The topological polar surface area (TPSA) is 51.4 Å². The van der Waals surface area contributed by atoms with Gasteiger partial charge in [-0.3, -0.25) is 4.90 Å². The molecule has 84 valence electrons. The Morgan fingerprint density at radius 1 is 1.53 bits per heavy atom. The number of rotatable bonds is 2. The highest BCUT2D eigenvalue weighted by Crippen LogP contribution is 2.16. The number of thiazole rings is 1. The van der Waals surface area contributed by atoms with E-state index in [1.54, 1.807) is 0 Å². The number of hydrogen-bond donors (Lipinski definition) is 1. The van der Waals surface area contributed by atoms with E-state index in [-0.39, 0.29) is 0 Å². The van der Waals surface area contributed by atoms with Crippen LogP contribution in [0.1, 0.15) is 19.5 Å². The van der Waals surface area contributed by atoms with Crippen molar-refractivity contribution in [3.8, 4) is 0 Å². The van der Waals surface area contributed by atoms with Crippen molar-refractivity contribution < 1.29 is 4.74 Å². The van der Waals surface area contributed by atoms with Crippen molar-refractivity contribution in [2.75, 3.05) is 18.8 Å². The molecule has 1 aromatic heterocycles. The van der Waals surface area contributed by atoms with Gasteiger partial charge in [0.25, 0.3) is 0 Å². The van der Waals surface area contributed by atoms with Crippen molar-refractivity contribution in [1.82, 2.24) is 9.88 Å². The third-order valence-corrected chi connectivity index (χ3v) is 3.17.